The molecule has 2 aliphatic rings. The number of benzene rings is 2. The van der Waals surface area contributed by atoms with Gasteiger partial charge in [-0.3, -0.25) is 24.1 Å². The van der Waals surface area contributed by atoms with Gasteiger partial charge in [-0.15, -0.1) is 0 Å². The monoisotopic (exact) mass is 463 g/mol. The Balaban J connectivity index is 1.24. The topological polar surface area (TPSA) is 86.8 Å². The summed E-state index contributed by atoms with van der Waals surface area (Å²) in [6.07, 6.45) is 2.62. The van der Waals surface area contributed by atoms with Crippen LogP contribution in [0.25, 0.3) is 6.08 Å². The van der Waals surface area contributed by atoms with Crippen LogP contribution < -0.4 is 5.32 Å². The van der Waals surface area contributed by atoms with E-state index in [1.165, 1.54) is 0 Å². The second-order valence-electron chi connectivity index (χ2n) is 8.01. The van der Waals surface area contributed by atoms with Crippen LogP contribution in [0.5, 0.6) is 0 Å². The van der Waals surface area contributed by atoms with Crippen LogP contribution in [-0.4, -0.2) is 58.9 Å². The molecule has 0 bridgehead atoms. The molecule has 2 fully saturated rings. The molecule has 8 heteroatoms. The lowest BCUT2D eigenvalue weighted by Crippen LogP contribution is -2.40. The summed E-state index contributed by atoms with van der Waals surface area (Å²) in [6, 6.07) is 19.2. The molecule has 4 rings (SSSR count). The smallest absolute Gasteiger partial charge is 0.293 e. The van der Waals surface area contributed by atoms with E-state index < -0.39 is 5.92 Å². The Morgan fingerprint density at radius 2 is 1.70 bits per heavy atom. The number of thioether (sulfide) groups is 1. The van der Waals surface area contributed by atoms with Crippen molar-refractivity contribution in [2.75, 3.05) is 26.2 Å². The average Bonchev–Trinajstić information content (AvgIpc) is 3.33. The minimum absolute atomic E-state index is 0.0249. The van der Waals surface area contributed by atoms with Crippen LogP contribution in [0.2, 0.25) is 0 Å². The molecule has 1 unspecified atom stereocenters. The quantitative estimate of drug-likeness (QED) is 0.609. The Labute approximate surface area is 196 Å². The summed E-state index contributed by atoms with van der Waals surface area (Å²) in [5.41, 5.74) is 2.00. The van der Waals surface area contributed by atoms with Crippen LogP contribution in [0.4, 0.5) is 4.79 Å². The number of likely N-dealkylation sites (tertiary alicyclic amines) is 1. The van der Waals surface area contributed by atoms with Crippen molar-refractivity contribution in [3.8, 4) is 0 Å². The molecular weight excluding hydrogens is 438 g/mol. The molecule has 2 aliphatic heterocycles. The van der Waals surface area contributed by atoms with E-state index in [-0.39, 0.29) is 42.5 Å². The van der Waals surface area contributed by atoms with Crippen LogP contribution in [0, 0.1) is 5.92 Å². The van der Waals surface area contributed by atoms with Crippen molar-refractivity contribution < 1.29 is 19.2 Å². The maximum Gasteiger partial charge on any atom is 0.293 e. The number of nitrogens with zero attached hydrogens (tertiary/aromatic N) is 2. The molecule has 2 aromatic carbocycles. The lowest BCUT2D eigenvalue weighted by Gasteiger charge is -2.17. The molecule has 0 radical (unpaired) electrons. The van der Waals surface area contributed by atoms with E-state index in [0.717, 1.165) is 34.2 Å². The highest BCUT2D eigenvalue weighted by atomic mass is 32.2. The zero-order valence-electron chi connectivity index (χ0n) is 18.1. The van der Waals surface area contributed by atoms with Gasteiger partial charge in [0.1, 0.15) is 0 Å². The van der Waals surface area contributed by atoms with E-state index in [1.807, 2.05) is 60.7 Å². The van der Waals surface area contributed by atoms with E-state index >= 15 is 0 Å². The van der Waals surface area contributed by atoms with Gasteiger partial charge >= 0.3 is 0 Å². The number of imide groups is 1. The molecule has 1 N–H and O–H groups in total. The summed E-state index contributed by atoms with van der Waals surface area (Å²) in [5.74, 6) is -1.02. The molecule has 2 aromatic rings. The van der Waals surface area contributed by atoms with Crippen molar-refractivity contribution in [3.63, 3.8) is 0 Å². The van der Waals surface area contributed by atoms with Gasteiger partial charge in [-0.05, 0) is 35.4 Å². The lowest BCUT2D eigenvalue weighted by molar-refractivity contribution is -0.129. The fourth-order valence-electron chi connectivity index (χ4n) is 3.90. The maximum atomic E-state index is 12.6. The van der Waals surface area contributed by atoms with E-state index in [0.29, 0.717) is 18.0 Å². The fourth-order valence-corrected chi connectivity index (χ4v) is 4.77. The molecule has 33 heavy (non-hydrogen) atoms. The molecule has 2 saturated heterocycles. The van der Waals surface area contributed by atoms with E-state index in [1.54, 1.807) is 11.0 Å². The molecule has 4 amide bonds. The molecule has 0 spiro atoms. The lowest BCUT2D eigenvalue weighted by atomic mass is 10.1. The van der Waals surface area contributed by atoms with Crippen molar-refractivity contribution in [1.29, 1.82) is 0 Å². The van der Waals surface area contributed by atoms with Gasteiger partial charge in [0.25, 0.3) is 11.1 Å². The van der Waals surface area contributed by atoms with Crippen molar-refractivity contribution in [3.05, 3.63) is 76.7 Å². The zero-order chi connectivity index (χ0) is 23.2. The van der Waals surface area contributed by atoms with Gasteiger partial charge in [-0.2, -0.15) is 0 Å². The van der Waals surface area contributed by atoms with Crippen LogP contribution in [0.15, 0.2) is 65.6 Å². The van der Waals surface area contributed by atoms with Crippen LogP contribution in [-0.2, 0) is 20.8 Å². The minimum atomic E-state index is -0.416. The van der Waals surface area contributed by atoms with Gasteiger partial charge in [0.15, 0.2) is 0 Å². The molecule has 0 aliphatic carbocycles. The minimum Gasteiger partial charge on any atom is -0.354 e. The first kappa shape index (κ1) is 22.8. The Bertz CT molecular complexity index is 1070. The van der Waals surface area contributed by atoms with Crippen LogP contribution in [0.3, 0.4) is 0 Å². The number of carbonyl (C=O) groups is 4. The molecule has 7 nitrogen and oxygen atoms in total. The molecule has 0 saturated carbocycles. The Hall–Kier alpha value is -3.39. The van der Waals surface area contributed by atoms with Gasteiger partial charge < -0.3 is 10.2 Å². The van der Waals surface area contributed by atoms with Crippen LogP contribution >= 0.6 is 11.8 Å². The summed E-state index contributed by atoms with van der Waals surface area (Å²) in [5, 5.41) is 2.43. The highest BCUT2D eigenvalue weighted by Gasteiger charge is 2.36. The summed E-state index contributed by atoms with van der Waals surface area (Å²) < 4.78 is 0. The number of hydrogen-bond acceptors (Lipinski definition) is 5. The summed E-state index contributed by atoms with van der Waals surface area (Å²) in [6.45, 7) is 1.22. The van der Waals surface area contributed by atoms with Gasteiger partial charge in [0, 0.05) is 32.6 Å². The van der Waals surface area contributed by atoms with Gasteiger partial charge in [0.2, 0.25) is 11.8 Å². The second-order valence-corrected chi connectivity index (χ2v) is 9.00. The molecule has 2 heterocycles. The summed E-state index contributed by atoms with van der Waals surface area (Å²) in [4.78, 5) is 52.9. The third kappa shape index (κ3) is 5.70. The SMILES string of the molecule is O=C(NCCN1C(=O)SC(=Cc2ccccc2)C1=O)C1CC(=O)N(CCc2ccccc2)C1. The van der Waals surface area contributed by atoms with Gasteiger partial charge in [0.05, 0.1) is 10.8 Å². The van der Waals surface area contributed by atoms with E-state index in [4.69, 9.17) is 0 Å². The number of carbonyl (C=O) groups excluding carboxylic acids is 4. The van der Waals surface area contributed by atoms with Crippen LogP contribution in [0.1, 0.15) is 17.5 Å². The van der Waals surface area contributed by atoms with Gasteiger partial charge in [-0.25, -0.2) is 0 Å². The molecule has 1 atom stereocenters. The first-order valence-electron chi connectivity index (χ1n) is 10.9. The first-order valence-corrected chi connectivity index (χ1v) is 11.7. The Morgan fingerprint density at radius 3 is 2.42 bits per heavy atom. The van der Waals surface area contributed by atoms with Crippen molar-refractivity contribution >= 4 is 40.8 Å². The molecule has 170 valence electrons. The normalized spacial score (nSPS) is 19.6. The number of nitrogens with one attached hydrogen (secondary N) is 1. The largest absolute Gasteiger partial charge is 0.354 e. The van der Waals surface area contributed by atoms with Crippen molar-refractivity contribution in [2.45, 2.75) is 12.8 Å². The number of hydrogen-bond donors (Lipinski definition) is 1. The number of rotatable bonds is 8. The average molecular weight is 464 g/mol. The zero-order valence-corrected chi connectivity index (χ0v) is 18.9. The highest BCUT2D eigenvalue weighted by molar-refractivity contribution is 8.18. The standard InChI is InChI=1S/C25H25N3O4S/c29-22-16-20(17-27(22)13-11-18-7-3-1-4-8-18)23(30)26-12-14-28-24(31)21(33-25(28)32)15-19-9-5-2-6-10-19/h1-10,15,20H,11-14,16-17H2,(H,26,30). The first-order chi connectivity index (χ1) is 16.0. The van der Waals surface area contributed by atoms with Gasteiger partial charge in [-0.1, -0.05) is 60.7 Å². The molecular formula is C25H25N3O4S. The predicted molar refractivity (Wildman–Crippen MR) is 127 cm³/mol. The van der Waals surface area contributed by atoms with Crippen molar-refractivity contribution in [1.82, 2.24) is 15.1 Å². The predicted octanol–water partition coefficient (Wildman–Crippen LogP) is 2.93. The number of amides is 4. The van der Waals surface area contributed by atoms with Crippen molar-refractivity contribution in [2.24, 2.45) is 5.92 Å². The maximum absolute atomic E-state index is 12.6. The van der Waals surface area contributed by atoms with E-state index in [9.17, 15) is 19.2 Å². The summed E-state index contributed by atoms with van der Waals surface area (Å²) >= 11 is 0.899. The second kappa shape index (κ2) is 10.5. The highest BCUT2D eigenvalue weighted by Crippen LogP contribution is 2.31. The third-order valence-electron chi connectivity index (χ3n) is 5.70. The Morgan fingerprint density at radius 1 is 1.00 bits per heavy atom. The Kier molecular flexibility index (Phi) is 7.24. The van der Waals surface area contributed by atoms with E-state index in [2.05, 4.69) is 5.32 Å². The molecule has 0 aromatic heterocycles. The summed E-state index contributed by atoms with van der Waals surface area (Å²) in [7, 11) is 0. The fraction of sp³-hybridized carbons (Fsp3) is 0.280. The third-order valence-corrected chi connectivity index (χ3v) is 6.61.